The molecule has 0 bridgehead atoms. The third-order valence-electron chi connectivity index (χ3n) is 4.61. The average Bonchev–Trinajstić information content (AvgIpc) is 3.13. The molecule has 0 radical (unpaired) electrons. The van der Waals surface area contributed by atoms with Crippen LogP contribution in [0, 0.1) is 0 Å². The van der Waals surface area contributed by atoms with Gasteiger partial charge in [-0.15, -0.1) is 0 Å². The van der Waals surface area contributed by atoms with Gasteiger partial charge in [-0.3, -0.25) is 4.98 Å². The van der Waals surface area contributed by atoms with E-state index in [4.69, 9.17) is 0 Å². The van der Waals surface area contributed by atoms with Gasteiger partial charge < -0.3 is 9.67 Å². The Morgan fingerprint density at radius 1 is 1.14 bits per heavy atom. The number of rotatable bonds is 2. The van der Waals surface area contributed by atoms with Crippen molar-refractivity contribution in [2.24, 2.45) is 0 Å². The van der Waals surface area contributed by atoms with Crippen molar-refractivity contribution in [3.8, 4) is 0 Å². The Hall–Kier alpha value is -2.20. The van der Waals surface area contributed by atoms with Crippen LogP contribution in [0.4, 0.5) is 0 Å². The molecule has 1 atom stereocenters. The molecule has 0 saturated heterocycles. The van der Waals surface area contributed by atoms with Crippen molar-refractivity contribution < 1.29 is 5.11 Å². The van der Waals surface area contributed by atoms with Gasteiger partial charge in [0.2, 0.25) is 0 Å². The molecule has 4 heteroatoms. The summed E-state index contributed by atoms with van der Waals surface area (Å²) in [4.78, 5) is 8.91. The summed E-state index contributed by atoms with van der Waals surface area (Å²) in [6, 6.07) is 8.02. The molecular formula is C17H17N3O. The van der Waals surface area contributed by atoms with E-state index in [0.717, 1.165) is 21.9 Å². The molecular weight excluding hydrogens is 262 g/mol. The number of hydrogen-bond acceptors (Lipinski definition) is 3. The van der Waals surface area contributed by atoms with Crippen molar-refractivity contribution in [3.05, 3.63) is 48.9 Å². The molecule has 0 saturated carbocycles. The molecule has 1 aliphatic carbocycles. The molecule has 3 aromatic rings. The molecule has 0 aliphatic heterocycles. The van der Waals surface area contributed by atoms with E-state index in [-0.39, 0.29) is 6.04 Å². The van der Waals surface area contributed by atoms with E-state index in [0.29, 0.717) is 12.8 Å². The van der Waals surface area contributed by atoms with Gasteiger partial charge in [0.15, 0.2) is 0 Å². The maximum absolute atomic E-state index is 10.8. The standard InChI is InChI=1S/C17H17N3O/c1-12(17(21)8-4-5-9-17)20-11-19-15-10-18-14-7-3-2-6-13(14)16(15)20/h2-7,10-12,21H,8-9H2,1H3. The Morgan fingerprint density at radius 2 is 1.90 bits per heavy atom. The third kappa shape index (κ3) is 1.79. The van der Waals surface area contributed by atoms with E-state index in [1.807, 2.05) is 24.5 Å². The minimum absolute atomic E-state index is 0.0386. The van der Waals surface area contributed by atoms with Crippen molar-refractivity contribution in [2.45, 2.75) is 31.4 Å². The number of aromatic nitrogens is 3. The predicted molar refractivity (Wildman–Crippen MR) is 83.1 cm³/mol. The summed E-state index contributed by atoms with van der Waals surface area (Å²) >= 11 is 0. The monoisotopic (exact) mass is 279 g/mol. The highest BCUT2D eigenvalue weighted by Crippen LogP contribution is 2.37. The fraction of sp³-hybridized carbons (Fsp3) is 0.294. The molecule has 106 valence electrons. The van der Waals surface area contributed by atoms with Crippen LogP contribution in [-0.2, 0) is 0 Å². The number of benzene rings is 1. The van der Waals surface area contributed by atoms with Crippen LogP contribution in [0.5, 0.6) is 0 Å². The molecule has 0 amide bonds. The van der Waals surface area contributed by atoms with E-state index in [2.05, 4.69) is 39.7 Å². The van der Waals surface area contributed by atoms with Gasteiger partial charge in [-0.1, -0.05) is 30.4 Å². The Balaban J connectivity index is 1.95. The topological polar surface area (TPSA) is 50.9 Å². The molecule has 1 unspecified atom stereocenters. The third-order valence-corrected chi connectivity index (χ3v) is 4.61. The van der Waals surface area contributed by atoms with Crippen molar-refractivity contribution in [1.29, 1.82) is 0 Å². The first kappa shape index (κ1) is 12.5. The first-order valence-electron chi connectivity index (χ1n) is 7.27. The van der Waals surface area contributed by atoms with Crippen molar-refractivity contribution in [2.75, 3.05) is 0 Å². The first-order chi connectivity index (χ1) is 10.2. The summed E-state index contributed by atoms with van der Waals surface area (Å²) in [5.41, 5.74) is 2.15. The van der Waals surface area contributed by atoms with Crippen LogP contribution < -0.4 is 0 Å². The molecule has 4 nitrogen and oxygen atoms in total. The van der Waals surface area contributed by atoms with Crippen molar-refractivity contribution in [3.63, 3.8) is 0 Å². The van der Waals surface area contributed by atoms with Gasteiger partial charge in [-0.05, 0) is 25.8 Å². The van der Waals surface area contributed by atoms with Gasteiger partial charge in [0.1, 0.15) is 5.52 Å². The van der Waals surface area contributed by atoms with Crippen molar-refractivity contribution >= 4 is 21.9 Å². The highest BCUT2D eigenvalue weighted by Gasteiger charge is 2.36. The van der Waals surface area contributed by atoms with Gasteiger partial charge in [0.25, 0.3) is 0 Å². The van der Waals surface area contributed by atoms with E-state index >= 15 is 0 Å². The maximum atomic E-state index is 10.8. The van der Waals surface area contributed by atoms with Crippen LogP contribution in [0.3, 0.4) is 0 Å². The normalized spacial score (nSPS) is 18.6. The maximum Gasteiger partial charge on any atom is 0.107 e. The van der Waals surface area contributed by atoms with E-state index in [1.54, 1.807) is 6.20 Å². The van der Waals surface area contributed by atoms with E-state index in [1.165, 1.54) is 0 Å². The second-order valence-electron chi connectivity index (χ2n) is 5.82. The van der Waals surface area contributed by atoms with Gasteiger partial charge in [-0.25, -0.2) is 4.98 Å². The molecule has 1 N–H and O–H groups in total. The van der Waals surface area contributed by atoms with E-state index in [9.17, 15) is 5.11 Å². The van der Waals surface area contributed by atoms with Gasteiger partial charge in [-0.2, -0.15) is 0 Å². The van der Waals surface area contributed by atoms with Crippen LogP contribution in [0.2, 0.25) is 0 Å². The summed E-state index contributed by atoms with van der Waals surface area (Å²) in [7, 11) is 0. The zero-order chi connectivity index (χ0) is 14.4. The number of para-hydroxylation sites is 1. The fourth-order valence-electron chi connectivity index (χ4n) is 3.22. The smallest absolute Gasteiger partial charge is 0.107 e. The molecule has 1 aliphatic rings. The average molecular weight is 279 g/mol. The minimum atomic E-state index is -0.724. The summed E-state index contributed by atoms with van der Waals surface area (Å²) in [5.74, 6) is 0. The summed E-state index contributed by atoms with van der Waals surface area (Å²) in [6.45, 7) is 2.06. The van der Waals surface area contributed by atoms with Crippen LogP contribution >= 0.6 is 0 Å². The lowest BCUT2D eigenvalue weighted by atomic mass is 9.92. The molecule has 4 rings (SSSR count). The molecule has 0 fully saturated rings. The number of fused-ring (bicyclic) bond motifs is 3. The minimum Gasteiger partial charge on any atom is -0.387 e. The number of aliphatic hydroxyl groups is 1. The van der Waals surface area contributed by atoms with Gasteiger partial charge >= 0.3 is 0 Å². The Bertz CT molecular complexity index is 841. The second kappa shape index (κ2) is 4.40. The van der Waals surface area contributed by atoms with E-state index < -0.39 is 5.60 Å². The van der Waals surface area contributed by atoms with Gasteiger partial charge in [0.05, 0.1) is 35.2 Å². The SMILES string of the molecule is CC(n1cnc2cnc3ccccc3c21)C1(O)CC=CC1. The quantitative estimate of drug-likeness (QED) is 0.733. The lowest BCUT2D eigenvalue weighted by Crippen LogP contribution is -2.35. The number of imidazole rings is 1. The second-order valence-corrected chi connectivity index (χ2v) is 5.82. The zero-order valence-corrected chi connectivity index (χ0v) is 11.9. The Kier molecular flexibility index (Phi) is 2.62. The Labute approximate surface area is 122 Å². The molecule has 1 aromatic carbocycles. The number of nitrogens with zero attached hydrogens (tertiary/aromatic N) is 3. The molecule has 0 spiro atoms. The largest absolute Gasteiger partial charge is 0.387 e. The number of hydrogen-bond donors (Lipinski definition) is 1. The van der Waals surface area contributed by atoms with Crippen LogP contribution in [-0.4, -0.2) is 25.2 Å². The molecule has 2 heterocycles. The van der Waals surface area contributed by atoms with Crippen LogP contribution in [0.25, 0.3) is 21.9 Å². The predicted octanol–water partition coefficient (Wildman–Crippen LogP) is 3.23. The van der Waals surface area contributed by atoms with Crippen LogP contribution in [0.15, 0.2) is 48.9 Å². The lowest BCUT2D eigenvalue weighted by molar-refractivity contribution is 0.00762. The Morgan fingerprint density at radius 3 is 2.71 bits per heavy atom. The van der Waals surface area contributed by atoms with Crippen LogP contribution in [0.1, 0.15) is 25.8 Å². The zero-order valence-electron chi connectivity index (χ0n) is 11.9. The summed E-state index contributed by atoms with van der Waals surface area (Å²) in [6.07, 6.45) is 9.11. The first-order valence-corrected chi connectivity index (χ1v) is 7.27. The lowest BCUT2D eigenvalue weighted by Gasteiger charge is -2.31. The summed E-state index contributed by atoms with van der Waals surface area (Å²) in [5, 5.41) is 11.9. The summed E-state index contributed by atoms with van der Waals surface area (Å²) < 4.78 is 2.09. The van der Waals surface area contributed by atoms with Gasteiger partial charge in [0, 0.05) is 5.39 Å². The molecule has 21 heavy (non-hydrogen) atoms. The highest BCUT2D eigenvalue weighted by atomic mass is 16.3. The fourth-order valence-corrected chi connectivity index (χ4v) is 3.22. The molecule has 2 aromatic heterocycles. The number of pyridine rings is 1. The highest BCUT2D eigenvalue weighted by molar-refractivity contribution is 6.02. The van der Waals surface area contributed by atoms with Crippen molar-refractivity contribution in [1.82, 2.24) is 14.5 Å².